The van der Waals surface area contributed by atoms with Gasteiger partial charge in [-0.15, -0.1) is 0 Å². The highest BCUT2D eigenvalue weighted by Crippen LogP contribution is 2.29. The Morgan fingerprint density at radius 2 is 1.77 bits per heavy atom. The van der Waals surface area contributed by atoms with Gasteiger partial charge in [-0.1, -0.05) is 30.3 Å². The van der Waals surface area contributed by atoms with Crippen LogP contribution in [0.25, 0.3) is 22.1 Å². The van der Waals surface area contributed by atoms with Gasteiger partial charge in [0.05, 0.1) is 6.42 Å². The highest BCUT2D eigenvalue weighted by Gasteiger charge is 2.26. The van der Waals surface area contributed by atoms with Gasteiger partial charge in [-0.25, -0.2) is 9.59 Å². The Morgan fingerprint density at radius 3 is 2.42 bits per heavy atom. The molecule has 2 atom stereocenters. The van der Waals surface area contributed by atoms with Crippen LogP contribution in [0.15, 0.2) is 63.8 Å². The summed E-state index contributed by atoms with van der Waals surface area (Å²) >= 11 is 0. The third-order valence-corrected chi connectivity index (χ3v) is 4.48. The molecule has 0 saturated heterocycles. The lowest BCUT2D eigenvalue weighted by Crippen LogP contribution is -2.47. The van der Waals surface area contributed by atoms with Crippen molar-refractivity contribution in [3.63, 3.8) is 0 Å². The second-order valence-electron chi connectivity index (χ2n) is 6.76. The van der Waals surface area contributed by atoms with Gasteiger partial charge in [0.1, 0.15) is 17.4 Å². The molecule has 3 aromatic rings. The maximum atomic E-state index is 12.2. The van der Waals surface area contributed by atoms with Gasteiger partial charge in [0, 0.05) is 17.5 Å². The van der Waals surface area contributed by atoms with Gasteiger partial charge in [0.25, 0.3) is 5.91 Å². The van der Waals surface area contributed by atoms with Crippen LogP contribution in [-0.4, -0.2) is 40.2 Å². The lowest BCUT2D eigenvalue weighted by atomic mass is 10.0. The van der Waals surface area contributed by atoms with Crippen molar-refractivity contribution >= 4 is 28.8 Å². The van der Waals surface area contributed by atoms with Gasteiger partial charge in [-0.3, -0.25) is 9.59 Å². The standard InChI is InChI=1S/C22H19NO8/c1-12(21(27)23-17(22(28)29)11-19(24)25)30-14-7-8-15-16(13-5-3-2-4-6-13)10-20(26)31-18(15)9-14/h2-10,12,17H,11H2,1H3,(H,23,27)(H,24,25)(H,28,29)/t12?,17-/m1/s1. The van der Waals surface area contributed by atoms with Gasteiger partial charge >= 0.3 is 17.6 Å². The average molecular weight is 425 g/mol. The summed E-state index contributed by atoms with van der Waals surface area (Å²) in [6.45, 7) is 1.38. The summed E-state index contributed by atoms with van der Waals surface area (Å²) in [4.78, 5) is 46.1. The number of hydrogen-bond acceptors (Lipinski definition) is 6. The number of carboxylic acid groups (broad SMARTS) is 2. The first-order valence-electron chi connectivity index (χ1n) is 9.29. The molecule has 1 unspecified atom stereocenters. The number of hydrogen-bond donors (Lipinski definition) is 3. The van der Waals surface area contributed by atoms with Gasteiger partial charge in [-0.2, -0.15) is 0 Å². The molecule has 1 heterocycles. The van der Waals surface area contributed by atoms with Gasteiger partial charge < -0.3 is 24.7 Å². The summed E-state index contributed by atoms with van der Waals surface area (Å²) in [5.74, 6) is -3.41. The number of nitrogens with one attached hydrogen (secondary N) is 1. The van der Waals surface area contributed by atoms with Crippen molar-refractivity contribution in [3.05, 3.63) is 65.0 Å². The zero-order valence-electron chi connectivity index (χ0n) is 16.4. The predicted molar refractivity (Wildman–Crippen MR) is 110 cm³/mol. The quantitative estimate of drug-likeness (QED) is 0.467. The van der Waals surface area contributed by atoms with Gasteiger partial charge in [-0.05, 0) is 30.2 Å². The number of amides is 1. The van der Waals surface area contributed by atoms with Crippen molar-refractivity contribution in [2.75, 3.05) is 0 Å². The highest BCUT2D eigenvalue weighted by atomic mass is 16.5. The van der Waals surface area contributed by atoms with E-state index < -0.39 is 42.0 Å². The predicted octanol–water partition coefficient (Wildman–Crippen LogP) is 2.27. The van der Waals surface area contributed by atoms with E-state index >= 15 is 0 Å². The van der Waals surface area contributed by atoms with Crippen molar-refractivity contribution in [1.82, 2.24) is 5.32 Å². The molecule has 3 rings (SSSR count). The van der Waals surface area contributed by atoms with E-state index in [1.54, 1.807) is 12.1 Å². The van der Waals surface area contributed by atoms with Crippen LogP contribution in [0.3, 0.4) is 0 Å². The van der Waals surface area contributed by atoms with Crippen molar-refractivity contribution in [1.29, 1.82) is 0 Å². The molecule has 0 aliphatic heterocycles. The topological polar surface area (TPSA) is 143 Å². The Labute approximate surface area is 175 Å². The van der Waals surface area contributed by atoms with Gasteiger partial charge in [0.15, 0.2) is 6.10 Å². The Hall–Kier alpha value is -4.14. The van der Waals surface area contributed by atoms with Crippen LogP contribution in [0.4, 0.5) is 0 Å². The second kappa shape index (κ2) is 9.12. The van der Waals surface area contributed by atoms with Crippen LogP contribution < -0.4 is 15.7 Å². The maximum absolute atomic E-state index is 12.2. The largest absolute Gasteiger partial charge is 0.481 e. The van der Waals surface area contributed by atoms with Crippen molar-refractivity contribution < 1.29 is 33.8 Å². The third-order valence-electron chi connectivity index (χ3n) is 4.48. The number of benzene rings is 2. The van der Waals surface area contributed by atoms with E-state index in [1.165, 1.54) is 19.1 Å². The summed E-state index contributed by atoms with van der Waals surface area (Å²) in [6, 6.07) is 13.8. The molecular formula is C22H19NO8. The molecule has 3 N–H and O–H groups in total. The number of rotatable bonds is 8. The molecule has 0 radical (unpaired) electrons. The van der Waals surface area contributed by atoms with Crippen molar-refractivity contribution in [3.8, 4) is 16.9 Å². The highest BCUT2D eigenvalue weighted by molar-refractivity contribution is 5.94. The SMILES string of the molecule is CC(Oc1ccc2c(-c3ccccc3)cc(=O)oc2c1)C(=O)N[C@H](CC(=O)O)C(=O)O. The first-order chi connectivity index (χ1) is 14.7. The van der Waals surface area contributed by atoms with E-state index in [0.29, 0.717) is 10.9 Å². The molecular weight excluding hydrogens is 406 g/mol. The molecule has 31 heavy (non-hydrogen) atoms. The molecule has 160 valence electrons. The fourth-order valence-electron chi connectivity index (χ4n) is 2.99. The molecule has 0 aliphatic carbocycles. The molecule has 9 heteroatoms. The fraction of sp³-hybridized carbons (Fsp3) is 0.182. The minimum absolute atomic E-state index is 0.216. The lowest BCUT2D eigenvalue weighted by Gasteiger charge is -2.18. The Bertz CT molecular complexity index is 1190. The molecule has 1 amide bonds. The van der Waals surface area contributed by atoms with E-state index in [2.05, 4.69) is 5.32 Å². The fourth-order valence-corrected chi connectivity index (χ4v) is 2.99. The van der Waals surface area contributed by atoms with Crippen LogP contribution in [-0.2, 0) is 14.4 Å². The van der Waals surface area contributed by atoms with Crippen LogP contribution in [0, 0.1) is 0 Å². The number of carboxylic acids is 2. The monoisotopic (exact) mass is 425 g/mol. The number of carbonyl (C=O) groups excluding carboxylic acids is 1. The van der Waals surface area contributed by atoms with Crippen molar-refractivity contribution in [2.45, 2.75) is 25.5 Å². The zero-order valence-corrected chi connectivity index (χ0v) is 16.4. The average Bonchev–Trinajstić information content (AvgIpc) is 2.72. The van der Waals surface area contributed by atoms with Crippen LogP contribution in [0.5, 0.6) is 5.75 Å². The zero-order chi connectivity index (χ0) is 22.5. The normalized spacial score (nSPS) is 12.7. The number of carbonyl (C=O) groups is 3. The molecule has 0 fully saturated rings. The summed E-state index contributed by atoms with van der Waals surface area (Å²) < 4.78 is 10.8. The smallest absolute Gasteiger partial charge is 0.336 e. The molecule has 1 aromatic heterocycles. The summed E-state index contributed by atoms with van der Waals surface area (Å²) in [5.41, 5.74) is 1.22. The molecule has 9 nitrogen and oxygen atoms in total. The second-order valence-corrected chi connectivity index (χ2v) is 6.76. The minimum atomic E-state index is -1.58. The summed E-state index contributed by atoms with van der Waals surface area (Å²) in [6.07, 6.45) is -1.89. The van der Waals surface area contributed by atoms with Gasteiger partial charge in [0.2, 0.25) is 0 Å². The Morgan fingerprint density at radius 1 is 1.06 bits per heavy atom. The van der Waals surface area contributed by atoms with Crippen LogP contribution >= 0.6 is 0 Å². The van der Waals surface area contributed by atoms with E-state index in [9.17, 15) is 19.2 Å². The lowest BCUT2D eigenvalue weighted by molar-refractivity contribution is -0.147. The van der Waals surface area contributed by atoms with Crippen LogP contribution in [0.1, 0.15) is 13.3 Å². The Kier molecular flexibility index (Phi) is 6.35. The maximum Gasteiger partial charge on any atom is 0.336 e. The third kappa shape index (κ3) is 5.27. The number of fused-ring (bicyclic) bond motifs is 1. The van der Waals surface area contributed by atoms with E-state index in [-0.39, 0.29) is 11.3 Å². The number of ether oxygens (including phenoxy) is 1. The van der Waals surface area contributed by atoms with Crippen molar-refractivity contribution in [2.24, 2.45) is 0 Å². The molecule has 0 saturated carbocycles. The first kappa shape index (κ1) is 21.6. The molecule has 0 bridgehead atoms. The molecule has 2 aromatic carbocycles. The van der Waals surface area contributed by atoms with E-state index in [0.717, 1.165) is 5.56 Å². The van der Waals surface area contributed by atoms with E-state index in [1.807, 2.05) is 30.3 Å². The summed E-state index contributed by atoms with van der Waals surface area (Å²) in [7, 11) is 0. The van der Waals surface area contributed by atoms with E-state index in [4.69, 9.17) is 19.4 Å². The van der Waals surface area contributed by atoms with Crippen LogP contribution in [0.2, 0.25) is 0 Å². The Balaban J connectivity index is 1.82. The first-order valence-corrected chi connectivity index (χ1v) is 9.29. The minimum Gasteiger partial charge on any atom is -0.481 e. The number of aliphatic carboxylic acids is 2. The molecule has 0 spiro atoms. The molecule has 0 aliphatic rings. The summed E-state index contributed by atoms with van der Waals surface area (Å²) in [5, 5.41) is 20.6.